The number of nitrogens with zero attached hydrogens (tertiary/aromatic N) is 2. The van der Waals surface area contributed by atoms with Crippen LogP contribution in [-0.2, 0) is 4.74 Å². The van der Waals surface area contributed by atoms with Gasteiger partial charge in [-0.05, 0) is 37.3 Å². The van der Waals surface area contributed by atoms with Crippen LogP contribution in [0.3, 0.4) is 0 Å². The third-order valence-corrected chi connectivity index (χ3v) is 4.48. The minimum absolute atomic E-state index is 0.224. The van der Waals surface area contributed by atoms with Crippen molar-refractivity contribution in [3.05, 3.63) is 42.5 Å². The minimum Gasteiger partial charge on any atom is -0.497 e. The molecule has 1 aromatic heterocycles. The van der Waals surface area contributed by atoms with Crippen molar-refractivity contribution in [3.8, 4) is 45.5 Å². The molecule has 0 aliphatic rings. The van der Waals surface area contributed by atoms with E-state index in [1.165, 1.54) is 26.0 Å². The highest BCUT2D eigenvalue weighted by Gasteiger charge is 2.21. The van der Waals surface area contributed by atoms with Gasteiger partial charge in [-0.2, -0.15) is 9.78 Å². The Bertz CT molecular complexity index is 1020. The highest BCUT2D eigenvalue weighted by Crippen LogP contribution is 2.41. The first-order valence-electron chi connectivity index (χ1n) is 9.28. The Hall–Kier alpha value is -3.68. The van der Waals surface area contributed by atoms with Crippen LogP contribution >= 0.6 is 0 Å². The summed E-state index contributed by atoms with van der Waals surface area (Å²) in [6, 6.07) is 12.7. The molecule has 0 fully saturated rings. The third-order valence-electron chi connectivity index (χ3n) is 4.48. The van der Waals surface area contributed by atoms with Gasteiger partial charge in [0.1, 0.15) is 5.75 Å². The lowest BCUT2D eigenvalue weighted by atomic mass is 10.1. The topological polar surface area (TPSA) is 81.0 Å². The summed E-state index contributed by atoms with van der Waals surface area (Å²) < 4.78 is 28.0. The van der Waals surface area contributed by atoms with Gasteiger partial charge in [0.2, 0.25) is 5.75 Å². The molecule has 0 unspecified atom stereocenters. The van der Waals surface area contributed by atoms with Gasteiger partial charge in [0.15, 0.2) is 11.5 Å². The van der Waals surface area contributed by atoms with Gasteiger partial charge in [-0.25, -0.2) is 4.79 Å². The first-order chi connectivity index (χ1) is 14.6. The van der Waals surface area contributed by atoms with Crippen LogP contribution in [0.1, 0.15) is 6.92 Å². The number of hydrogen-bond acceptors (Lipinski definition) is 7. The van der Waals surface area contributed by atoms with Crippen LogP contribution in [0.2, 0.25) is 0 Å². The number of aromatic nitrogens is 2. The average molecular weight is 412 g/mol. The van der Waals surface area contributed by atoms with Crippen LogP contribution in [0.25, 0.3) is 22.5 Å². The highest BCUT2D eigenvalue weighted by molar-refractivity contribution is 5.82. The third kappa shape index (κ3) is 4.03. The SMILES string of the molecule is CCOC(=O)n1nc(-c2cccc(OC)c2)cc1-c1cc(OC)c(OC)c(OC)c1. The molecule has 3 rings (SSSR count). The van der Waals surface area contributed by atoms with Gasteiger partial charge in [0.25, 0.3) is 0 Å². The molecule has 158 valence electrons. The van der Waals surface area contributed by atoms with E-state index in [0.29, 0.717) is 39.9 Å². The molecule has 30 heavy (non-hydrogen) atoms. The van der Waals surface area contributed by atoms with E-state index in [9.17, 15) is 4.79 Å². The van der Waals surface area contributed by atoms with Gasteiger partial charge in [-0.3, -0.25) is 0 Å². The van der Waals surface area contributed by atoms with E-state index >= 15 is 0 Å². The Morgan fingerprint density at radius 1 is 0.900 bits per heavy atom. The zero-order valence-corrected chi connectivity index (χ0v) is 17.6. The van der Waals surface area contributed by atoms with Crippen LogP contribution in [0, 0.1) is 0 Å². The zero-order chi connectivity index (χ0) is 21.7. The number of benzene rings is 2. The minimum atomic E-state index is -0.588. The van der Waals surface area contributed by atoms with Crippen LogP contribution in [0.4, 0.5) is 4.79 Å². The van der Waals surface area contributed by atoms with Gasteiger partial charge in [-0.1, -0.05) is 12.1 Å². The summed E-state index contributed by atoms with van der Waals surface area (Å²) in [5, 5.41) is 4.48. The van der Waals surface area contributed by atoms with E-state index in [1.54, 1.807) is 32.2 Å². The van der Waals surface area contributed by atoms with E-state index in [4.69, 9.17) is 23.7 Å². The summed E-state index contributed by atoms with van der Waals surface area (Å²) >= 11 is 0. The van der Waals surface area contributed by atoms with E-state index < -0.39 is 6.09 Å². The Labute approximate surface area is 174 Å². The molecule has 0 saturated carbocycles. The predicted octanol–water partition coefficient (Wildman–Crippen LogP) is 4.26. The summed E-state index contributed by atoms with van der Waals surface area (Å²) in [5.74, 6) is 2.07. The summed E-state index contributed by atoms with van der Waals surface area (Å²) in [7, 11) is 6.19. The number of hydrogen-bond donors (Lipinski definition) is 0. The maximum absolute atomic E-state index is 12.6. The van der Waals surface area contributed by atoms with Crippen LogP contribution in [0.5, 0.6) is 23.0 Å². The molecule has 8 nitrogen and oxygen atoms in total. The first-order valence-corrected chi connectivity index (χ1v) is 9.28. The summed E-state index contributed by atoms with van der Waals surface area (Å²) in [6.07, 6.45) is -0.588. The van der Waals surface area contributed by atoms with Gasteiger partial charge in [-0.15, -0.1) is 0 Å². The lowest BCUT2D eigenvalue weighted by Gasteiger charge is -2.14. The van der Waals surface area contributed by atoms with Gasteiger partial charge >= 0.3 is 6.09 Å². The van der Waals surface area contributed by atoms with Crippen LogP contribution in [-0.4, -0.2) is 50.9 Å². The molecule has 0 aliphatic carbocycles. The largest absolute Gasteiger partial charge is 0.497 e. The van der Waals surface area contributed by atoms with E-state index in [-0.39, 0.29) is 6.61 Å². The maximum atomic E-state index is 12.6. The Balaban J connectivity index is 2.20. The fraction of sp³-hybridized carbons (Fsp3) is 0.273. The molecule has 0 N–H and O–H groups in total. The predicted molar refractivity (Wildman–Crippen MR) is 112 cm³/mol. The fourth-order valence-corrected chi connectivity index (χ4v) is 3.06. The van der Waals surface area contributed by atoms with Crippen molar-refractivity contribution in [3.63, 3.8) is 0 Å². The van der Waals surface area contributed by atoms with Gasteiger partial charge < -0.3 is 23.7 Å². The molecule has 0 radical (unpaired) electrons. The molecule has 0 spiro atoms. The normalized spacial score (nSPS) is 10.4. The first kappa shape index (κ1) is 21.0. The molecule has 3 aromatic rings. The summed E-state index contributed by atoms with van der Waals surface area (Å²) in [4.78, 5) is 12.6. The van der Waals surface area contributed by atoms with E-state index in [0.717, 1.165) is 5.56 Å². The van der Waals surface area contributed by atoms with Crippen molar-refractivity contribution < 1.29 is 28.5 Å². The van der Waals surface area contributed by atoms with Gasteiger partial charge in [0.05, 0.1) is 46.4 Å². The monoisotopic (exact) mass is 412 g/mol. The Morgan fingerprint density at radius 3 is 2.17 bits per heavy atom. The molecular weight excluding hydrogens is 388 g/mol. The molecule has 2 aromatic carbocycles. The van der Waals surface area contributed by atoms with Crippen molar-refractivity contribution >= 4 is 6.09 Å². The quantitative estimate of drug-likeness (QED) is 0.574. The van der Waals surface area contributed by atoms with Crippen molar-refractivity contribution in [1.82, 2.24) is 9.78 Å². The van der Waals surface area contributed by atoms with Crippen molar-refractivity contribution in [1.29, 1.82) is 0 Å². The summed E-state index contributed by atoms with van der Waals surface area (Å²) in [5.41, 5.74) is 2.56. The molecule has 0 saturated heterocycles. The number of carbonyl (C=O) groups excluding carboxylic acids is 1. The van der Waals surface area contributed by atoms with Crippen molar-refractivity contribution in [2.45, 2.75) is 6.92 Å². The van der Waals surface area contributed by atoms with Crippen molar-refractivity contribution in [2.24, 2.45) is 0 Å². The summed E-state index contributed by atoms with van der Waals surface area (Å²) in [6.45, 7) is 1.96. The second-order valence-electron chi connectivity index (χ2n) is 6.17. The Morgan fingerprint density at radius 2 is 1.60 bits per heavy atom. The van der Waals surface area contributed by atoms with Crippen molar-refractivity contribution in [2.75, 3.05) is 35.0 Å². The average Bonchev–Trinajstić information content (AvgIpc) is 3.24. The van der Waals surface area contributed by atoms with Crippen LogP contribution < -0.4 is 18.9 Å². The molecule has 0 amide bonds. The molecule has 0 atom stereocenters. The lowest BCUT2D eigenvalue weighted by molar-refractivity contribution is 0.151. The molecule has 1 heterocycles. The molecular formula is C22H24N2O6. The second kappa shape index (κ2) is 9.21. The standard InChI is InChI=1S/C22H24N2O6/c1-6-30-22(25)24-18(13-17(23-24)14-8-7-9-16(10-14)26-2)15-11-19(27-3)21(29-5)20(12-15)28-4/h7-13H,6H2,1-5H3. The lowest BCUT2D eigenvalue weighted by Crippen LogP contribution is -2.16. The smallest absolute Gasteiger partial charge is 0.435 e. The molecule has 8 heteroatoms. The second-order valence-corrected chi connectivity index (χ2v) is 6.17. The number of rotatable bonds is 7. The number of methoxy groups -OCH3 is 4. The van der Waals surface area contributed by atoms with Gasteiger partial charge in [0, 0.05) is 11.1 Å². The fourth-order valence-electron chi connectivity index (χ4n) is 3.06. The molecule has 0 bridgehead atoms. The van der Waals surface area contributed by atoms with E-state index in [1.807, 2.05) is 24.3 Å². The Kier molecular flexibility index (Phi) is 6.46. The molecule has 0 aliphatic heterocycles. The van der Waals surface area contributed by atoms with E-state index in [2.05, 4.69) is 5.10 Å². The van der Waals surface area contributed by atoms with Crippen LogP contribution in [0.15, 0.2) is 42.5 Å². The maximum Gasteiger partial charge on any atom is 0.435 e. The highest BCUT2D eigenvalue weighted by atomic mass is 16.6. The number of ether oxygens (including phenoxy) is 5. The zero-order valence-electron chi connectivity index (χ0n) is 17.6. The number of carbonyl (C=O) groups is 1.